The number of carbonyl (C=O) groups is 2. The van der Waals surface area contributed by atoms with Gasteiger partial charge in [0.25, 0.3) is 5.91 Å². The SMILES string of the molecule is CN1C(=O)/C(=C/c2cc3c(cc2Cl)OCO3)SC1=Nc1cccc(C(=O)O)c1. The molecule has 7 nitrogen and oxygen atoms in total. The second-order valence-corrected chi connectivity index (χ2v) is 7.37. The van der Waals surface area contributed by atoms with Crippen molar-refractivity contribution >= 4 is 52.2 Å². The number of carbonyl (C=O) groups excluding carboxylic acids is 1. The fraction of sp³-hybridized carbons (Fsp3) is 0.105. The van der Waals surface area contributed by atoms with E-state index in [1.165, 1.54) is 28.8 Å². The summed E-state index contributed by atoms with van der Waals surface area (Å²) in [4.78, 5) is 30.0. The highest BCUT2D eigenvalue weighted by atomic mass is 35.5. The zero-order chi connectivity index (χ0) is 19.8. The monoisotopic (exact) mass is 416 g/mol. The average molecular weight is 417 g/mol. The number of carboxylic acids is 1. The number of aromatic carboxylic acids is 1. The van der Waals surface area contributed by atoms with Crippen LogP contribution in [-0.4, -0.2) is 40.9 Å². The maximum Gasteiger partial charge on any atom is 0.335 e. The maximum atomic E-state index is 12.6. The van der Waals surface area contributed by atoms with E-state index >= 15 is 0 Å². The summed E-state index contributed by atoms with van der Waals surface area (Å²) in [6.07, 6.45) is 1.67. The third-order valence-electron chi connectivity index (χ3n) is 4.10. The smallest absolute Gasteiger partial charge is 0.335 e. The minimum Gasteiger partial charge on any atom is -0.478 e. The van der Waals surface area contributed by atoms with Crippen LogP contribution < -0.4 is 9.47 Å². The molecule has 1 amide bonds. The molecule has 2 aliphatic rings. The van der Waals surface area contributed by atoms with Crippen LogP contribution in [0.5, 0.6) is 11.5 Å². The molecule has 0 unspecified atom stereocenters. The first-order chi connectivity index (χ1) is 13.4. The number of ether oxygens (including phenoxy) is 2. The molecule has 2 heterocycles. The zero-order valence-electron chi connectivity index (χ0n) is 14.5. The molecule has 0 radical (unpaired) electrons. The Morgan fingerprint density at radius 3 is 2.79 bits per heavy atom. The van der Waals surface area contributed by atoms with Crippen LogP contribution in [0.1, 0.15) is 15.9 Å². The Hall–Kier alpha value is -2.97. The number of benzene rings is 2. The Bertz CT molecular complexity index is 1070. The van der Waals surface area contributed by atoms with Crippen LogP contribution in [0.3, 0.4) is 0 Å². The van der Waals surface area contributed by atoms with Crippen LogP contribution in [0, 0.1) is 0 Å². The van der Waals surface area contributed by atoms with Crippen molar-refractivity contribution in [2.45, 2.75) is 0 Å². The first-order valence-electron chi connectivity index (χ1n) is 8.11. The molecule has 1 N–H and O–H groups in total. The van der Waals surface area contributed by atoms with Gasteiger partial charge < -0.3 is 14.6 Å². The molecule has 28 heavy (non-hydrogen) atoms. The normalized spacial score (nSPS) is 18.4. The van der Waals surface area contributed by atoms with Gasteiger partial charge in [0.1, 0.15) is 0 Å². The van der Waals surface area contributed by atoms with Crippen molar-refractivity contribution in [2.75, 3.05) is 13.8 Å². The number of thioether (sulfide) groups is 1. The van der Waals surface area contributed by atoms with E-state index in [1.54, 1.807) is 37.4 Å². The number of hydrogen-bond acceptors (Lipinski definition) is 6. The molecule has 2 aromatic carbocycles. The molecule has 4 rings (SSSR count). The van der Waals surface area contributed by atoms with Gasteiger partial charge in [-0.15, -0.1) is 0 Å². The summed E-state index contributed by atoms with van der Waals surface area (Å²) in [6.45, 7) is 0.133. The molecule has 0 aromatic heterocycles. The number of rotatable bonds is 3. The number of fused-ring (bicyclic) bond motifs is 1. The minimum atomic E-state index is -1.04. The van der Waals surface area contributed by atoms with Crippen LogP contribution in [0.15, 0.2) is 46.3 Å². The van der Waals surface area contributed by atoms with E-state index in [4.69, 9.17) is 26.2 Å². The summed E-state index contributed by atoms with van der Waals surface area (Å²) < 4.78 is 10.6. The van der Waals surface area contributed by atoms with Gasteiger partial charge in [-0.25, -0.2) is 9.79 Å². The second-order valence-electron chi connectivity index (χ2n) is 5.95. The van der Waals surface area contributed by atoms with Gasteiger partial charge in [-0.3, -0.25) is 9.69 Å². The molecule has 142 valence electrons. The average Bonchev–Trinajstić information content (AvgIpc) is 3.22. The van der Waals surface area contributed by atoms with Crippen molar-refractivity contribution in [3.63, 3.8) is 0 Å². The number of nitrogens with zero attached hydrogens (tertiary/aromatic N) is 2. The maximum absolute atomic E-state index is 12.6. The molecule has 1 fully saturated rings. The van der Waals surface area contributed by atoms with Crippen molar-refractivity contribution in [1.29, 1.82) is 0 Å². The Morgan fingerprint density at radius 1 is 1.29 bits per heavy atom. The van der Waals surface area contributed by atoms with Gasteiger partial charge >= 0.3 is 5.97 Å². The number of carboxylic acid groups (broad SMARTS) is 1. The number of amides is 1. The Morgan fingerprint density at radius 2 is 2.04 bits per heavy atom. The first-order valence-corrected chi connectivity index (χ1v) is 9.30. The molecule has 0 saturated carbocycles. The van der Waals surface area contributed by atoms with E-state index in [-0.39, 0.29) is 18.3 Å². The van der Waals surface area contributed by atoms with Crippen molar-refractivity contribution < 1.29 is 24.2 Å². The van der Waals surface area contributed by atoms with E-state index in [9.17, 15) is 9.59 Å². The fourth-order valence-electron chi connectivity index (χ4n) is 2.66. The van der Waals surface area contributed by atoms with Gasteiger partial charge in [0, 0.05) is 13.1 Å². The predicted octanol–water partition coefficient (Wildman–Crippen LogP) is 4.00. The van der Waals surface area contributed by atoms with Gasteiger partial charge in [-0.05, 0) is 47.7 Å². The molecule has 1 saturated heterocycles. The summed E-state index contributed by atoms with van der Waals surface area (Å²) in [5, 5.41) is 9.98. The number of aliphatic imine (C=N–C) groups is 1. The lowest BCUT2D eigenvalue weighted by Gasteiger charge is -2.07. The standard InChI is InChI=1S/C19H13ClN2O5S/c1-22-17(23)16(7-11-6-14-15(8-13(11)20)27-9-26-14)28-19(22)21-12-4-2-3-10(5-12)18(24)25/h2-8H,9H2,1H3,(H,24,25)/b16-7-,21-19?. The van der Waals surface area contributed by atoms with Crippen LogP contribution in [0.25, 0.3) is 6.08 Å². The molecule has 9 heteroatoms. The molecule has 2 aliphatic heterocycles. The summed E-state index contributed by atoms with van der Waals surface area (Å²) in [7, 11) is 1.61. The van der Waals surface area contributed by atoms with Gasteiger partial charge in [-0.1, -0.05) is 17.7 Å². The quantitative estimate of drug-likeness (QED) is 0.761. The predicted molar refractivity (Wildman–Crippen MR) is 106 cm³/mol. The lowest BCUT2D eigenvalue weighted by molar-refractivity contribution is -0.121. The summed E-state index contributed by atoms with van der Waals surface area (Å²) in [5.74, 6) is -0.134. The van der Waals surface area contributed by atoms with Crippen molar-refractivity contribution in [2.24, 2.45) is 4.99 Å². The Kier molecular flexibility index (Phi) is 4.74. The molecule has 0 spiro atoms. The zero-order valence-corrected chi connectivity index (χ0v) is 16.1. The summed E-state index contributed by atoms with van der Waals surface area (Å²) >= 11 is 7.47. The van der Waals surface area contributed by atoms with Gasteiger partial charge in [-0.2, -0.15) is 0 Å². The highest BCUT2D eigenvalue weighted by Gasteiger charge is 2.31. The lowest BCUT2D eigenvalue weighted by Crippen LogP contribution is -2.23. The number of hydrogen-bond donors (Lipinski definition) is 1. The van der Waals surface area contributed by atoms with Crippen molar-refractivity contribution in [3.8, 4) is 11.5 Å². The van der Waals surface area contributed by atoms with Gasteiger partial charge in [0.2, 0.25) is 6.79 Å². The molecule has 2 aromatic rings. The van der Waals surface area contributed by atoms with Crippen molar-refractivity contribution in [3.05, 3.63) is 57.5 Å². The minimum absolute atomic E-state index is 0.127. The van der Waals surface area contributed by atoms with E-state index in [0.29, 0.717) is 37.8 Å². The number of amidine groups is 1. The van der Waals surface area contributed by atoms with E-state index in [1.807, 2.05) is 0 Å². The third kappa shape index (κ3) is 3.44. The largest absolute Gasteiger partial charge is 0.478 e. The van der Waals surface area contributed by atoms with Crippen LogP contribution in [-0.2, 0) is 4.79 Å². The first kappa shape index (κ1) is 18.4. The van der Waals surface area contributed by atoms with Crippen LogP contribution >= 0.6 is 23.4 Å². The molecular formula is C19H13ClN2O5S. The van der Waals surface area contributed by atoms with Gasteiger partial charge in [0.15, 0.2) is 16.7 Å². The van der Waals surface area contributed by atoms with E-state index in [0.717, 1.165) is 0 Å². The Labute approximate surface area is 169 Å². The third-order valence-corrected chi connectivity index (χ3v) is 5.49. The number of halogens is 1. The van der Waals surface area contributed by atoms with Gasteiger partial charge in [0.05, 0.1) is 21.2 Å². The Balaban J connectivity index is 1.65. The molecule has 0 bridgehead atoms. The van der Waals surface area contributed by atoms with E-state index in [2.05, 4.69) is 4.99 Å². The summed E-state index contributed by atoms with van der Waals surface area (Å²) in [5.41, 5.74) is 1.20. The second kappa shape index (κ2) is 7.21. The fourth-order valence-corrected chi connectivity index (χ4v) is 3.84. The molecule has 0 atom stereocenters. The summed E-state index contributed by atoms with van der Waals surface area (Å²) in [6, 6.07) is 9.58. The van der Waals surface area contributed by atoms with Crippen molar-refractivity contribution in [1.82, 2.24) is 4.90 Å². The lowest BCUT2D eigenvalue weighted by atomic mass is 10.2. The molecule has 0 aliphatic carbocycles. The van der Waals surface area contributed by atoms with E-state index < -0.39 is 5.97 Å². The topological polar surface area (TPSA) is 88.4 Å². The highest BCUT2D eigenvalue weighted by Crippen LogP contribution is 2.40. The van der Waals surface area contributed by atoms with Crippen LogP contribution in [0.2, 0.25) is 5.02 Å². The molecular weight excluding hydrogens is 404 g/mol. The number of likely N-dealkylation sites (N-methyl/N-ethyl adjacent to an activating group) is 1. The highest BCUT2D eigenvalue weighted by molar-refractivity contribution is 8.18. The van der Waals surface area contributed by atoms with Crippen LogP contribution in [0.4, 0.5) is 5.69 Å².